The van der Waals surface area contributed by atoms with E-state index >= 15 is 0 Å². The first-order valence-electron chi connectivity index (χ1n) is 10.5. The smallest absolute Gasteiger partial charge is 0.333 e. The molecule has 9 nitrogen and oxygen atoms in total. The van der Waals surface area contributed by atoms with E-state index in [0.29, 0.717) is 34.9 Å². The highest BCUT2D eigenvalue weighted by Gasteiger charge is 2.38. The third-order valence-corrected chi connectivity index (χ3v) is 5.58. The van der Waals surface area contributed by atoms with E-state index in [2.05, 4.69) is 0 Å². The van der Waals surface area contributed by atoms with Gasteiger partial charge in [0, 0.05) is 31.4 Å². The lowest BCUT2D eigenvalue weighted by molar-refractivity contribution is -0.134. The molecule has 2 heterocycles. The minimum atomic E-state index is -0.674. The summed E-state index contributed by atoms with van der Waals surface area (Å²) in [5.41, 5.74) is 2.73. The Morgan fingerprint density at radius 2 is 1.53 bits per heavy atom. The van der Waals surface area contributed by atoms with Gasteiger partial charge in [0.25, 0.3) is 11.8 Å². The van der Waals surface area contributed by atoms with Crippen LogP contribution < -0.4 is 9.47 Å². The maximum Gasteiger partial charge on any atom is 0.333 e. The van der Waals surface area contributed by atoms with Crippen molar-refractivity contribution in [2.75, 3.05) is 28.3 Å². The molecule has 1 aliphatic heterocycles. The normalized spacial score (nSPS) is 14.0. The zero-order chi connectivity index (χ0) is 24.4. The average Bonchev–Trinajstić information content (AvgIpc) is 3.26. The van der Waals surface area contributed by atoms with Gasteiger partial charge in [-0.05, 0) is 29.8 Å². The summed E-state index contributed by atoms with van der Waals surface area (Å²) in [5.74, 6) is -0.246. The van der Waals surface area contributed by atoms with Crippen molar-refractivity contribution >= 4 is 23.9 Å². The molecule has 4 amide bonds. The fourth-order valence-electron chi connectivity index (χ4n) is 3.73. The number of aromatic nitrogens is 2. The fraction of sp³-hybridized carbons (Fsp3) is 0.200. The monoisotopic (exact) mass is 460 g/mol. The average molecular weight is 460 g/mol. The maximum absolute atomic E-state index is 12.8. The number of nitrogens with zero attached hydrogens (tertiary/aromatic N) is 4. The number of likely N-dealkylation sites (N-methyl/N-ethyl adjacent to an activating group) is 2. The molecule has 2 aromatic carbocycles. The third-order valence-electron chi connectivity index (χ3n) is 5.58. The van der Waals surface area contributed by atoms with E-state index in [9.17, 15) is 14.4 Å². The molecule has 1 fully saturated rings. The summed E-state index contributed by atoms with van der Waals surface area (Å²) in [5, 5.41) is 4.73. The number of methoxy groups -OCH3 is 2. The molecular formula is C25H24N4O5. The highest BCUT2D eigenvalue weighted by Crippen LogP contribution is 2.34. The second kappa shape index (κ2) is 9.22. The topological polar surface area (TPSA) is 94.0 Å². The van der Waals surface area contributed by atoms with Crippen LogP contribution in [0, 0.1) is 0 Å². The Morgan fingerprint density at radius 1 is 0.882 bits per heavy atom. The predicted molar refractivity (Wildman–Crippen MR) is 125 cm³/mol. The van der Waals surface area contributed by atoms with Gasteiger partial charge in [0.1, 0.15) is 5.57 Å². The number of hydrogen-bond acceptors (Lipinski definition) is 6. The van der Waals surface area contributed by atoms with Crippen LogP contribution in [0.25, 0.3) is 17.3 Å². The minimum absolute atomic E-state index is 0.120. The van der Waals surface area contributed by atoms with Crippen molar-refractivity contribution in [1.82, 2.24) is 19.6 Å². The standard InChI is InChI=1S/C25H24N4O5/c1-27-23(30)19(24(31)28(2)25(27)32)12-18-15-29(14-16-8-6-5-7-9-16)26-22(18)17-10-11-20(33-3)21(13-17)34-4/h5-13,15H,14H2,1-4H3. The molecular weight excluding hydrogens is 436 g/mol. The van der Waals surface area contributed by atoms with E-state index in [1.54, 1.807) is 37.2 Å². The van der Waals surface area contributed by atoms with Crippen LogP contribution >= 0.6 is 0 Å². The molecule has 0 N–H and O–H groups in total. The number of ether oxygens (including phenoxy) is 2. The lowest BCUT2D eigenvalue weighted by Gasteiger charge is -2.28. The molecule has 3 aromatic rings. The second-order valence-corrected chi connectivity index (χ2v) is 7.75. The van der Waals surface area contributed by atoms with Crippen LogP contribution in [0.5, 0.6) is 11.5 Å². The number of carbonyl (C=O) groups is 3. The van der Waals surface area contributed by atoms with Crippen LogP contribution in [0.1, 0.15) is 11.1 Å². The Labute approximate surface area is 196 Å². The Balaban J connectivity index is 1.84. The zero-order valence-electron chi connectivity index (χ0n) is 19.3. The summed E-state index contributed by atoms with van der Waals surface area (Å²) in [6, 6.07) is 14.5. The van der Waals surface area contributed by atoms with Crippen molar-refractivity contribution in [3.05, 3.63) is 71.4 Å². The summed E-state index contributed by atoms with van der Waals surface area (Å²) >= 11 is 0. The van der Waals surface area contributed by atoms with Crippen molar-refractivity contribution < 1.29 is 23.9 Å². The molecule has 34 heavy (non-hydrogen) atoms. The number of urea groups is 1. The Kier molecular flexibility index (Phi) is 6.18. The number of hydrogen-bond donors (Lipinski definition) is 0. The Morgan fingerprint density at radius 3 is 2.15 bits per heavy atom. The van der Waals surface area contributed by atoms with Crippen LogP contribution in [-0.2, 0) is 16.1 Å². The van der Waals surface area contributed by atoms with Gasteiger partial charge in [0.2, 0.25) is 0 Å². The molecule has 0 radical (unpaired) electrons. The van der Waals surface area contributed by atoms with Gasteiger partial charge in [0.05, 0.1) is 26.5 Å². The van der Waals surface area contributed by atoms with Crippen LogP contribution in [0.15, 0.2) is 60.3 Å². The van der Waals surface area contributed by atoms with Crippen molar-refractivity contribution in [3.63, 3.8) is 0 Å². The molecule has 0 saturated carbocycles. The first-order chi connectivity index (χ1) is 16.3. The summed E-state index contributed by atoms with van der Waals surface area (Å²) in [6.45, 7) is 0.491. The van der Waals surface area contributed by atoms with Gasteiger partial charge in [-0.2, -0.15) is 5.10 Å². The number of imide groups is 2. The van der Waals surface area contributed by atoms with Gasteiger partial charge in [-0.3, -0.25) is 24.1 Å². The van der Waals surface area contributed by atoms with Crippen molar-refractivity contribution in [2.45, 2.75) is 6.54 Å². The molecule has 4 rings (SSSR count). The lowest BCUT2D eigenvalue weighted by Crippen LogP contribution is -2.52. The SMILES string of the molecule is COc1ccc(-c2nn(Cc3ccccc3)cc2C=C2C(=O)N(C)C(=O)N(C)C2=O)cc1OC. The molecule has 0 atom stereocenters. The minimum Gasteiger partial charge on any atom is -0.493 e. The summed E-state index contributed by atoms with van der Waals surface area (Å²) in [7, 11) is 5.78. The molecule has 1 aromatic heterocycles. The van der Waals surface area contributed by atoms with E-state index < -0.39 is 17.8 Å². The van der Waals surface area contributed by atoms with Gasteiger partial charge < -0.3 is 9.47 Å². The van der Waals surface area contributed by atoms with Crippen molar-refractivity contribution in [1.29, 1.82) is 0 Å². The van der Waals surface area contributed by atoms with Crippen molar-refractivity contribution in [2.24, 2.45) is 0 Å². The van der Waals surface area contributed by atoms with Gasteiger partial charge in [-0.1, -0.05) is 30.3 Å². The summed E-state index contributed by atoms with van der Waals surface area (Å²) in [6.07, 6.45) is 3.24. The van der Waals surface area contributed by atoms with E-state index in [0.717, 1.165) is 15.4 Å². The van der Waals surface area contributed by atoms with E-state index in [-0.39, 0.29) is 5.57 Å². The van der Waals surface area contributed by atoms with E-state index in [4.69, 9.17) is 14.6 Å². The molecule has 9 heteroatoms. The molecule has 0 spiro atoms. The number of barbiturate groups is 1. The molecule has 0 bridgehead atoms. The molecule has 0 aliphatic carbocycles. The molecule has 174 valence electrons. The van der Waals surface area contributed by atoms with Crippen LogP contribution in [0.3, 0.4) is 0 Å². The van der Waals surface area contributed by atoms with Gasteiger partial charge >= 0.3 is 6.03 Å². The third kappa shape index (κ3) is 4.15. The number of amides is 4. The van der Waals surface area contributed by atoms with Crippen LogP contribution in [0.4, 0.5) is 4.79 Å². The van der Waals surface area contributed by atoms with Crippen molar-refractivity contribution in [3.8, 4) is 22.8 Å². The van der Waals surface area contributed by atoms with Gasteiger partial charge in [-0.15, -0.1) is 0 Å². The Hall–Kier alpha value is -4.40. The molecule has 0 unspecified atom stereocenters. The van der Waals surface area contributed by atoms with Crippen LogP contribution in [0.2, 0.25) is 0 Å². The largest absolute Gasteiger partial charge is 0.493 e. The molecule has 1 saturated heterocycles. The number of carbonyl (C=O) groups excluding carboxylic acids is 3. The number of benzene rings is 2. The molecule has 1 aliphatic rings. The maximum atomic E-state index is 12.8. The summed E-state index contributed by atoms with van der Waals surface area (Å²) < 4.78 is 12.5. The van der Waals surface area contributed by atoms with E-state index in [1.165, 1.54) is 20.2 Å². The highest BCUT2D eigenvalue weighted by molar-refractivity contribution is 6.30. The van der Waals surface area contributed by atoms with Crippen LogP contribution in [-0.4, -0.2) is 65.7 Å². The second-order valence-electron chi connectivity index (χ2n) is 7.75. The first kappa shape index (κ1) is 22.8. The number of rotatable bonds is 6. The lowest BCUT2D eigenvalue weighted by atomic mass is 10.0. The predicted octanol–water partition coefficient (Wildman–Crippen LogP) is 3.05. The van der Waals surface area contributed by atoms with Gasteiger partial charge in [-0.25, -0.2) is 4.79 Å². The van der Waals surface area contributed by atoms with Gasteiger partial charge in [0.15, 0.2) is 11.5 Å². The van der Waals surface area contributed by atoms with E-state index in [1.807, 2.05) is 36.4 Å². The zero-order valence-corrected chi connectivity index (χ0v) is 19.3. The fourth-order valence-corrected chi connectivity index (χ4v) is 3.73. The quantitative estimate of drug-likeness (QED) is 0.415. The first-order valence-corrected chi connectivity index (χ1v) is 10.5. The Bertz CT molecular complexity index is 1270. The summed E-state index contributed by atoms with van der Waals surface area (Å²) in [4.78, 5) is 39.4. The highest BCUT2D eigenvalue weighted by atomic mass is 16.5.